The topological polar surface area (TPSA) is 129 Å². The van der Waals surface area contributed by atoms with Gasteiger partial charge in [0.25, 0.3) is 0 Å². The number of aromatic nitrogens is 5. The van der Waals surface area contributed by atoms with Gasteiger partial charge in [0.2, 0.25) is 5.95 Å². The highest BCUT2D eigenvalue weighted by atomic mass is 16.5. The first-order valence-corrected chi connectivity index (χ1v) is 11.7. The monoisotopic (exact) mass is 476 g/mol. The Labute approximate surface area is 202 Å². The van der Waals surface area contributed by atoms with Gasteiger partial charge in [0.15, 0.2) is 5.82 Å². The van der Waals surface area contributed by atoms with Crippen LogP contribution in [-0.4, -0.2) is 62.2 Å². The number of fused-ring (bicyclic) bond motifs is 3. The normalized spacial score (nSPS) is 19.6. The van der Waals surface area contributed by atoms with Crippen LogP contribution in [0.1, 0.15) is 29.0 Å². The summed E-state index contributed by atoms with van der Waals surface area (Å²) in [6.07, 6.45) is 3.23. The molecular formula is C24H28N8O3. The molecule has 182 valence electrons. The Morgan fingerprint density at radius 2 is 2.14 bits per heavy atom. The van der Waals surface area contributed by atoms with Crippen molar-refractivity contribution in [2.24, 2.45) is 0 Å². The molecule has 0 radical (unpaired) electrons. The lowest BCUT2D eigenvalue weighted by Crippen LogP contribution is -2.36. The molecule has 11 heteroatoms. The van der Waals surface area contributed by atoms with Crippen LogP contribution < -0.4 is 15.8 Å². The van der Waals surface area contributed by atoms with Crippen LogP contribution in [0.5, 0.6) is 5.75 Å². The zero-order chi connectivity index (χ0) is 23.9. The lowest BCUT2D eigenvalue weighted by molar-refractivity contribution is 0.0273. The van der Waals surface area contributed by atoms with Gasteiger partial charge in [-0.25, -0.2) is 4.98 Å². The van der Waals surface area contributed by atoms with Gasteiger partial charge in [-0.2, -0.15) is 10.1 Å². The molecule has 0 unspecified atom stereocenters. The summed E-state index contributed by atoms with van der Waals surface area (Å²) in [4.78, 5) is 11.3. The molecule has 3 N–H and O–H groups in total. The van der Waals surface area contributed by atoms with E-state index in [-0.39, 0.29) is 5.95 Å². The first kappa shape index (κ1) is 21.8. The fourth-order valence-corrected chi connectivity index (χ4v) is 5.02. The van der Waals surface area contributed by atoms with Crippen LogP contribution in [0.2, 0.25) is 0 Å². The molecule has 0 spiro atoms. The number of anilines is 2. The SMILES string of the molecule is COc1cc(CN2C[C@@H]3C[C@H]2CO3)ccc1Cn1ncc2nc(N)nc(NCc3cc(C)on3)c21. The zero-order valence-electron chi connectivity index (χ0n) is 19.8. The number of nitrogens with one attached hydrogen (secondary N) is 1. The second kappa shape index (κ2) is 8.82. The van der Waals surface area contributed by atoms with Gasteiger partial charge in [0.05, 0.1) is 39.1 Å². The number of rotatable bonds is 8. The van der Waals surface area contributed by atoms with E-state index in [0.717, 1.165) is 54.4 Å². The van der Waals surface area contributed by atoms with Crippen molar-refractivity contribution in [3.05, 3.63) is 53.0 Å². The molecule has 3 aromatic heterocycles. The van der Waals surface area contributed by atoms with Gasteiger partial charge >= 0.3 is 0 Å². The summed E-state index contributed by atoms with van der Waals surface area (Å²) in [6, 6.07) is 8.79. The summed E-state index contributed by atoms with van der Waals surface area (Å²) in [5.74, 6) is 2.35. The van der Waals surface area contributed by atoms with Crippen LogP contribution in [0.25, 0.3) is 11.0 Å². The van der Waals surface area contributed by atoms with Crippen LogP contribution >= 0.6 is 0 Å². The van der Waals surface area contributed by atoms with Gasteiger partial charge in [0, 0.05) is 30.8 Å². The minimum atomic E-state index is 0.179. The molecule has 4 aromatic rings. The van der Waals surface area contributed by atoms with Crippen LogP contribution in [0, 0.1) is 6.92 Å². The molecule has 0 aliphatic carbocycles. The van der Waals surface area contributed by atoms with E-state index in [4.69, 9.17) is 19.7 Å². The fraction of sp³-hybridized carbons (Fsp3) is 0.417. The summed E-state index contributed by atoms with van der Waals surface area (Å²) in [5.41, 5.74) is 10.4. The predicted molar refractivity (Wildman–Crippen MR) is 129 cm³/mol. The lowest BCUT2D eigenvalue weighted by atomic mass is 10.1. The largest absolute Gasteiger partial charge is 0.496 e. The highest BCUT2D eigenvalue weighted by Gasteiger charge is 2.38. The molecule has 2 aliphatic rings. The van der Waals surface area contributed by atoms with Crippen LogP contribution in [0.15, 0.2) is 35.0 Å². The summed E-state index contributed by atoms with van der Waals surface area (Å²) in [7, 11) is 1.70. The van der Waals surface area contributed by atoms with E-state index >= 15 is 0 Å². The van der Waals surface area contributed by atoms with Gasteiger partial charge in [-0.1, -0.05) is 17.3 Å². The van der Waals surface area contributed by atoms with Gasteiger partial charge in [-0.05, 0) is 25.0 Å². The van der Waals surface area contributed by atoms with Crippen LogP contribution in [0.4, 0.5) is 11.8 Å². The molecule has 5 heterocycles. The number of hydrogen-bond acceptors (Lipinski definition) is 10. The van der Waals surface area contributed by atoms with Crippen molar-refractivity contribution in [3.63, 3.8) is 0 Å². The van der Waals surface area contributed by atoms with Gasteiger partial charge in [-0.15, -0.1) is 0 Å². The van der Waals surface area contributed by atoms with Crippen molar-refractivity contribution < 1.29 is 14.0 Å². The maximum atomic E-state index is 5.95. The Bertz CT molecular complexity index is 1370. The molecular weight excluding hydrogens is 448 g/mol. The Balaban J connectivity index is 1.25. The number of nitrogens with two attached hydrogens (primary N) is 1. The quantitative estimate of drug-likeness (QED) is 0.391. The maximum Gasteiger partial charge on any atom is 0.222 e. The molecule has 2 fully saturated rings. The fourth-order valence-electron chi connectivity index (χ4n) is 5.02. The van der Waals surface area contributed by atoms with Crippen molar-refractivity contribution >= 4 is 22.8 Å². The van der Waals surface area contributed by atoms with Gasteiger partial charge in [-0.3, -0.25) is 9.58 Å². The summed E-state index contributed by atoms with van der Waals surface area (Å²) < 4.78 is 18.5. The first-order chi connectivity index (χ1) is 17.1. The van der Waals surface area contributed by atoms with Crippen molar-refractivity contribution in [1.29, 1.82) is 0 Å². The van der Waals surface area contributed by atoms with E-state index in [2.05, 4.69) is 48.6 Å². The first-order valence-electron chi connectivity index (χ1n) is 11.7. The van der Waals surface area contributed by atoms with Gasteiger partial charge < -0.3 is 25.0 Å². The standard InChI is InChI=1S/C24H28N8O3/c1-14-5-17(30-35-14)8-26-23-22-20(28-24(25)29-23)9-27-32(22)11-16-4-3-15(6-21(16)33-2)10-31-12-19-7-18(31)13-34-19/h3-6,9,18-19H,7-8,10-13H2,1-2H3,(H3,25,26,28,29)/t18-,19-/m0/s1. The number of benzene rings is 1. The molecule has 2 atom stereocenters. The Kier molecular flexibility index (Phi) is 5.50. The molecule has 2 saturated heterocycles. The van der Waals surface area contributed by atoms with E-state index in [1.165, 1.54) is 5.56 Å². The third kappa shape index (κ3) is 4.28. The molecule has 1 aromatic carbocycles. The van der Waals surface area contributed by atoms with E-state index in [1.807, 2.05) is 17.7 Å². The van der Waals surface area contributed by atoms with Crippen LogP contribution in [0.3, 0.4) is 0 Å². The number of likely N-dealkylation sites (tertiary alicyclic amines) is 1. The average Bonchev–Trinajstić information content (AvgIpc) is 3.64. The molecule has 2 aliphatic heterocycles. The summed E-state index contributed by atoms with van der Waals surface area (Å²) in [6.45, 7) is 5.53. The smallest absolute Gasteiger partial charge is 0.222 e. The van der Waals surface area contributed by atoms with Crippen molar-refractivity contribution in [2.75, 3.05) is 31.3 Å². The molecule has 6 rings (SSSR count). The van der Waals surface area contributed by atoms with Crippen LogP contribution in [-0.2, 0) is 24.4 Å². The number of aryl methyl sites for hydroxylation is 1. The summed E-state index contributed by atoms with van der Waals surface area (Å²) >= 11 is 0. The third-order valence-corrected chi connectivity index (χ3v) is 6.69. The Morgan fingerprint density at radius 3 is 2.89 bits per heavy atom. The summed E-state index contributed by atoms with van der Waals surface area (Å²) in [5, 5.41) is 11.9. The van der Waals surface area contributed by atoms with E-state index in [0.29, 0.717) is 36.6 Å². The van der Waals surface area contributed by atoms with Crippen molar-refractivity contribution in [2.45, 2.75) is 45.1 Å². The number of nitrogens with zero attached hydrogens (tertiary/aromatic N) is 6. The number of ether oxygens (including phenoxy) is 2. The number of methoxy groups -OCH3 is 1. The Morgan fingerprint density at radius 1 is 1.23 bits per heavy atom. The predicted octanol–water partition coefficient (Wildman–Crippen LogP) is 2.35. The minimum Gasteiger partial charge on any atom is -0.496 e. The second-order valence-corrected chi connectivity index (χ2v) is 9.17. The minimum absolute atomic E-state index is 0.179. The van der Waals surface area contributed by atoms with Crippen molar-refractivity contribution in [3.8, 4) is 5.75 Å². The number of nitrogen functional groups attached to an aromatic ring is 1. The number of morpholine rings is 1. The number of hydrogen-bond donors (Lipinski definition) is 2. The lowest BCUT2D eigenvalue weighted by Gasteiger charge is -2.26. The van der Waals surface area contributed by atoms with E-state index in [9.17, 15) is 0 Å². The highest BCUT2D eigenvalue weighted by Crippen LogP contribution is 2.31. The molecule has 11 nitrogen and oxygen atoms in total. The zero-order valence-corrected chi connectivity index (χ0v) is 19.8. The average molecular weight is 477 g/mol. The second-order valence-electron chi connectivity index (χ2n) is 9.17. The molecule has 0 saturated carbocycles. The van der Waals surface area contributed by atoms with E-state index in [1.54, 1.807) is 13.3 Å². The molecule has 0 amide bonds. The molecule has 2 bridgehead atoms. The maximum absolute atomic E-state index is 5.95. The van der Waals surface area contributed by atoms with E-state index < -0.39 is 0 Å². The van der Waals surface area contributed by atoms with Gasteiger partial charge in [0.1, 0.15) is 28.2 Å². The molecule has 35 heavy (non-hydrogen) atoms. The Hall–Kier alpha value is -3.70. The van der Waals surface area contributed by atoms with Crippen molar-refractivity contribution in [1.82, 2.24) is 29.8 Å². The third-order valence-electron chi connectivity index (χ3n) is 6.69. The highest BCUT2D eigenvalue weighted by molar-refractivity contribution is 5.86.